The van der Waals surface area contributed by atoms with Gasteiger partial charge in [-0.15, -0.1) is 0 Å². The average Bonchev–Trinajstić information content (AvgIpc) is 3.01. The van der Waals surface area contributed by atoms with Crippen molar-refractivity contribution in [2.24, 2.45) is 0 Å². The number of carbonyl (C=O) groups is 1. The molecule has 0 saturated heterocycles. The number of benzene rings is 2. The van der Waals surface area contributed by atoms with E-state index >= 15 is 0 Å². The molecule has 134 valence electrons. The molecular formula is C19H16Cl2N2O2S. The minimum atomic E-state index is -0.294. The Balaban J connectivity index is 1.83. The largest absolute Gasteiger partial charge is 0.495 e. The maximum Gasteiger partial charge on any atom is 0.250 e. The summed E-state index contributed by atoms with van der Waals surface area (Å²) in [6.45, 7) is 4.03. The number of amides is 1. The van der Waals surface area contributed by atoms with Gasteiger partial charge in [0.05, 0.1) is 22.3 Å². The SMILES string of the molecule is COc1c(Cl)cc(Cl)cc1/C=C/C(=O)Nc1nc2c(C)ccc(C)c2s1. The van der Waals surface area contributed by atoms with E-state index in [-0.39, 0.29) is 5.91 Å². The highest BCUT2D eigenvalue weighted by Gasteiger charge is 2.11. The summed E-state index contributed by atoms with van der Waals surface area (Å²) in [5.41, 5.74) is 3.75. The maximum atomic E-state index is 12.3. The van der Waals surface area contributed by atoms with E-state index in [0.29, 0.717) is 26.5 Å². The minimum absolute atomic E-state index is 0.294. The summed E-state index contributed by atoms with van der Waals surface area (Å²) in [6.07, 6.45) is 3.01. The van der Waals surface area contributed by atoms with Gasteiger partial charge in [-0.2, -0.15) is 0 Å². The van der Waals surface area contributed by atoms with Crippen LogP contribution in [0.2, 0.25) is 10.0 Å². The molecule has 0 aliphatic heterocycles. The normalized spacial score (nSPS) is 11.3. The van der Waals surface area contributed by atoms with Crippen LogP contribution in [0.25, 0.3) is 16.3 Å². The minimum Gasteiger partial charge on any atom is -0.495 e. The number of aryl methyl sites for hydroxylation is 2. The highest BCUT2D eigenvalue weighted by atomic mass is 35.5. The van der Waals surface area contributed by atoms with Crippen LogP contribution in [0, 0.1) is 13.8 Å². The Morgan fingerprint density at radius 1 is 1.23 bits per heavy atom. The molecule has 4 nitrogen and oxygen atoms in total. The molecule has 0 aliphatic rings. The number of anilines is 1. The van der Waals surface area contributed by atoms with Gasteiger partial charge >= 0.3 is 0 Å². The van der Waals surface area contributed by atoms with E-state index in [1.54, 1.807) is 18.2 Å². The first-order chi connectivity index (χ1) is 12.4. The lowest BCUT2D eigenvalue weighted by atomic mass is 10.1. The van der Waals surface area contributed by atoms with Crippen molar-refractivity contribution in [1.29, 1.82) is 0 Å². The lowest BCUT2D eigenvalue weighted by Gasteiger charge is -2.07. The first kappa shape index (κ1) is 18.7. The second kappa shape index (κ2) is 7.66. The van der Waals surface area contributed by atoms with E-state index in [2.05, 4.69) is 16.4 Å². The molecule has 1 N–H and O–H groups in total. The molecule has 2 aromatic carbocycles. The lowest BCUT2D eigenvalue weighted by Crippen LogP contribution is -2.07. The van der Waals surface area contributed by atoms with Crippen LogP contribution in [0.15, 0.2) is 30.3 Å². The van der Waals surface area contributed by atoms with E-state index < -0.39 is 0 Å². The summed E-state index contributed by atoms with van der Waals surface area (Å²) in [4.78, 5) is 16.8. The Kier molecular flexibility index (Phi) is 5.51. The Morgan fingerprint density at radius 3 is 2.65 bits per heavy atom. The van der Waals surface area contributed by atoms with Crippen molar-refractivity contribution in [3.63, 3.8) is 0 Å². The summed E-state index contributed by atoms with van der Waals surface area (Å²) >= 11 is 13.6. The average molecular weight is 407 g/mol. The summed E-state index contributed by atoms with van der Waals surface area (Å²) < 4.78 is 6.34. The molecule has 0 fully saturated rings. The monoisotopic (exact) mass is 406 g/mol. The molecule has 7 heteroatoms. The zero-order chi connectivity index (χ0) is 18.8. The van der Waals surface area contributed by atoms with Crippen LogP contribution in [-0.4, -0.2) is 18.0 Å². The van der Waals surface area contributed by atoms with Gasteiger partial charge in [0, 0.05) is 16.7 Å². The van der Waals surface area contributed by atoms with E-state index in [9.17, 15) is 4.79 Å². The number of nitrogens with zero attached hydrogens (tertiary/aromatic N) is 1. The summed E-state index contributed by atoms with van der Waals surface area (Å²) in [6, 6.07) is 7.35. The van der Waals surface area contributed by atoms with Crippen molar-refractivity contribution in [3.05, 3.63) is 57.1 Å². The lowest BCUT2D eigenvalue weighted by molar-refractivity contribution is -0.111. The van der Waals surface area contributed by atoms with E-state index in [1.807, 2.05) is 19.9 Å². The fourth-order valence-corrected chi connectivity index (χ4v) is 4.15. The molecule has 26 heavy (non-hydrogen) atoms. The molecule has 1 aromatic heterocycles. The first-order valence-corrected chi connectivity index (χ1v) is 9.35. The summed E-state index contributed by atoms with van der Waals surface area (Å²) in [5.74, 6) is 0.170. The molecule has 0 unspecified atom stereocenters. The Labute approximate surface area is 165 Å². The van der Waals surface area contributed by atoms with Crippen LogP contribution in [0.4, 0.5) is 5.13 Å². The third kappa shape index (κ3) is 3.85. The second-order valence-corrected chi connectivity index (χ2v) is 7.57. The van der Waals surface area contributed by atoms with Crippen molar-refractivity contribution >= 4 is 61.9 Å². The van der Waals surface area contributed by atoms with Gasteiger partial charge in [0.15, 0.2) is 5.13 Å². The standard InChI is InChI=1S/C19H16Cl2N2O2S/c1-10-4-5-11(2)18-16(10)23-19(26-18)22-15(24)7-6-12-8-13(20)9-14(21)17(12)25-3/h4-9H,1-3H3,(H,22,23,24)/b7-6+. The van der Waals surface area contributed by atoms with Crippen LogP contribution in [0.5, 0.6) is 5.75 Å². The molecule has 0 atom stereocenters. The van der Waals surface area contributed by atoms with Crippen LogP contribution >= 0.6 is 34.5 Å². The fraction of sp³-hybridized carbons (Fsp3) is 0.158. The van der Waals surface area contributed by atoms with Gasteiger partial charge in [0.2, 0.25) is 5.91 Å². The van der Waals surface area contributed by atoms with Crippen LogP contribution in [-0.2, 0) is 4.79 Å². The maximum absolute atomic E-state index is 12.3. The first-order valence-electron chi connectivity index (χ1n) is 7.78. The second-order valence-electron chi connectivity index (χ2n) is 5.73. The number of methoxy groups -OCH3 is 1. The molecule has 0 spiro atoms. The van der Waals surface area contributed by atoms with Gasteiger partial charge in [0.25, 0.3) is 0 Å². The number of aromatic nitrogens is 1. The Hall–Kier alpha value is -2.08. The van der Waals surface area contributed by atoms with E-state index in [4.69, 9.17) is 27.9 Å². The molecule has 1 amide bonds. The zero-order valence-corrected chi connectivity index (χ0v) is 16.7. The molecule has 3 aromatic rings. The number of thiazole rings is 1. The van der Waals surface area contributed by atoms with Crippen molar-refractivity contribution in [1.82, 2.24) is 4.98 Å². The van der Waals surface area contributed by atoms with Gasteiger partial charge in [-0.05, 0) is 43.2 Å². The molecule has 0 saturated carbocycles. The number of hydrogen-bond acceptors (Lipinski definition) is 4. The predicted molar refractivity (Wildman–Crippen MR) is 110 cm³/mol. The quantitative estimate of drug-likeness (QED) is 0.550. The van der Waals surface area contributed by atoms with Gasteiger partial charge in [-0.1, -0.05) is 46.7 Å². The zero-order valence-electron chi connectivity index (χ0n) is 14.4. The molecule has 3 rings (SSSR count). The van der Waals surface area contributed by atoms with Crippen LogP contribution in [0.1, 0.15) is 16.7 Å². The number of rotatable bonds is 4. The van der Waals surface area contributed by atoms with Crippen molar-refractivity contribution < 1.29 is 9.53 Å². The number of halogens is 2. The third-order valence-electron chi connectivity index (χ3n) is 3.83. The smallest absolute Gasteiger partial charge is 0.250 e. The van der Waals surface area contributed by atoms with E-state index in [0.717, 1.165) is 21.3 Å². The molecule has 0 bridgehead atoms. The number of ether oxygens (including phenoxy) is 1. The third-order valence-corrected chi connectivity index (χ3v) is 5.43. The number of nitrogens with one attached hydrogen (secondary N) is 1. The fourth-order valence-electron chi connectivity index (χ4n) is 2.54. The Bertz CT molecular complexity index is 989. The van der Waals surface area contributed by atoms with Crippen LogP contribution < -0.4 is 10.1 Å². The van der Waals surface area contributed by atoms with E-state index in [1.165, 1.54) is 24.5 Å². The van der Waals surface area contributed by atoms with Gasteiger partial charge in [-0.25, -0.2) is 4.98 Å². The Morgan fingerprint density at radius 2 is 1.96 bits per heavy atom. The van der Waals surface area contributed by atoms with Gasteiger partial charge in [0.1, 0.15) is 5.75 Å². The highest BCUT2D eigenvalue weighted by molar-refractivity contribution is 7.22. The van der Waals surface area contributed by atoms with Gasteiger partial charge < -0.3 is 4.74 Å². The summed E-state index contributed by atoms with van der Waals surface area (Å²) in [5, 5.41) is 4.21. The topological polar surface area (TPSA) is 51.2 Å². The molecule has 0 aliphatic carbocycles. The van der Waals surface area contributed by atoms with Gasteiger partial charge in [-0.3, -0.25) is 10.1 Å². The van der Waals surface area contributed by atoms with Crippen LogP contribution in [0.3, 0.4) is 0 Å². The number of carbonyl (C=O) groups excluding carboxylic acids is 1. The van der Waals surface area contributed by atoms with Crippen molar-refractivity contribution in [2.75, 3.05) is 12.4 Å². The molecule has 1 heterocycles. The summed E-state index contributed by atoms with van der Waals surface area (Å²) in [7, 11) is 1.51. The number of hydrogen-bond donors (Lipinski definition) is 1. The predicted octanol–water partition coefficient (Wildman–Crippen LogP) is 5.88. The van der Waals surface area contributed by atoms with Crippen molar-refractivity contribution in [3.8, 4) is 5.75 Å². The molecular weight excluding hydrogens is 391 g/mol. The highest BCUT2D eigenvalue weighted by Crippen LogP contribution is 2.33. The molecule has 0 radical (unpaired) electrons. The number of fused-ring (bicyclic) bond motifs is 1. The van der Waals surface area contributed by atoms with Crippen molar-refractivity contribution in [2.45, 2.75) is 13.8 Å².